The third kappa shape index (κ3) is 3.87. The largest absolute Gasteiger partial charge is 0.462 e. The molecule has 1 aromatic carbocycles. The summed E-state index contributed by atoms with van der Waals surface area (Å²) in [6.07, 6.45) is 0.798. The van der Waals surface area contributed by atoms with E-state index in [1.807, 2.05) is 13.8 Å². The van der Waals surface area contributed by atoms with Gasteiger partial charge in [-0.2, -0.15) is 0 Å². The molecule has 0 unspecified atom stereocenters. The van der Waals surface area contributed by atoms with Crippen molar-refractivity contribution in [2.45, 2.75) is 27.2 Å². The molecule has 1 atom stereocenters. The van der Waals surface area contributed by atoms with E-state index >= 15 is 0 Å². The number of carbonyl (C=O) groups is 2. The molecule has 0 saturated carbocycles. The van der Waals surface area contributed by atoms with Crippen molar-refractivity contribution in [2.75, 3.05) is 11.9 Å². The molecular formula is C14H19NO3. The van der Waals surface area contributed by atoms with Crippen molar-refractivity contribution < 1.29 is 14.3 Å². The molecule has 0 aromatic heterocycles. The van der Waals surface area contributed by atoms with Crippen LogP contribution in [0.1, 0.15) is 37.6 Å². The average Bonchev–Trinajstić information content (AvgIpc) is 2.38. The number of amides is 1. The lowest BCUT2D eigenvalue weighted by Crippen LogP contribution is -2.19. The standard InChI is InChI=1S/C14H19NO3/c1-4-10(3)13(16)15-12-8-6-11(7-9-12)14(17)18-5-2/h6-10H,4-5H2,1-3H3,(H,15,16)/t10-/m1/s1. The number of esters is 1. The Morgan fingerprint density at radius 1 is 1.22 bits per heavy atom. The molecule has 1 amide bonds. The van der Waals surface area contributed by atoms with Gasteiger partial charge in [0.05, 0.1) is 12.2 Å². The van der Waals surface area contributed by atoms with Crippen molar-refractivity contribution in [2.24, 2.45) is 5.92 Å². The molecule has 4 nitrogen and oxygen atoms in total. The number of benzene rings is 1. The summed E-state index contributed by atoms with van der Waals surface area (Å²) < 4.78 is 4.88. The fraction of sp³-hybridized carbons (Fsp3) is 0.429. The fourth-order valence-corrected chi connectivity index (χ4v) is 1.35. The first kappa shape index (κ1) is 14.2. The van der Waals surface area contributed by atoms with Crippen LogP contribution in [-0.4, -0.2) is 18.5 Å². The highest BCUT2D eigenvalue weighted by molar-refractivity contribution is 5.93. The van der Waals surface area contributed by atoms with Crippen LogP contribution < -0.4 is 5.32 Å². The van der Waals surface area contributed by atoms with E-state index in [2.05, 4.69) is 5.32 Å². The van der Waals surface area contributed by atoms with Gasteiger partial charge in [0, 0.05) is 11.6 Å². The minimum atomic E-state index is -0.350. The van der Waals surface area contributed by atoms with Crippen molar-refractivity contribution in [1.29, 1.82) is 0 Å². The van der Waals surface area contributed by atoms with Crippen molar-refractivity contribution in [3.05, 3.63) is 29.8 Å². The van der Waals surface area contributed by atoms with Gasteiger partial charge in [0.15, 0.2) is 0 Å². The van der Waals surface area contributed by atoms with E-state index in [1.165, 1.54) is 0 Å². The number of hydrogen-bond acceptors (Lipinski definition) is 3. The molecule has 0 fully saturated rings. The SMILES string of the molecule is CCOC(=O)c1ccc(NC(=O)[C@H](C)CC)cc1. The van der Waals surface area contributed by atoms with E-state index in [9.17, 15) is 9.59 Å². The molecular weight excluding hydrogens is 230 g/mol. The Hall–Kier alpha value is -1.84. The monoisotopic (exact) mass is 249 g/mol. The fourth-order valence-electron chi connectivity index (χ4n) is 1.35. The highest BCUT2D eigenvalue weighted by Gasteiger charge is 2.11. The molecule has 1 rings (SSSR count). The first-order chi connectivity index (χ1) is 8.58. The highest BCUT2D eigenvalue weighted by atomic mass is 16.5. The van der Waals surface area contributed by atoms with Crippen LogP contribution in [0.15, 0.2) is 24.3 Å². The average molecular weight is 249 g/mol. The van der Waals surface area contributed by atoms with Crippen LogP contribution in [0.25, 0.3) is 0 Å². The van der Waals surface area contributed by atoms with Gasteiger partial charge in [-0.15, -0.1) is 0 Å². The summed E-state index contributed by atoms with van der Waals surface area (Å²) in [6.45, 7) is 5.96. The maximum Gasteiger partial charge on any atom is 0.338 e. The number of anilines is 1. The number of ether oxygens (including phenoxy) is 1. The molecule has 0 spiro atoms. The van der Waals surface area contributed by atoms with Gasteiger partial charge in [-0.1, -0.05) is 13.8 Å². The number of carbonyl (C=O) groups excluding carboxylic acids is 2. The smallest absolute Gasteiger partial charge is 0.338 e. The summed E-state index contributed by atoms with van der Waals surface area (Å²) in [6, 6.07) is 6.69. The summed E-state index contributed by atoms with van der Waals surface area (Å²) in [5, 5.41) is 2.80. The van der Waals surface area contributed by atoms with E-state index in [0.29, 0.717) is 17.9 Å². The topological polar surface area (TPSA) is 55.4 Å². The number of hydrogen-bond donors (Lipinski definition) is 1. The second kappa shape index (κ2) is 6.79. The van der Waals surface area contributed by atoms with Gasteiger partial charge < -0.3 is 10.1 Å². The molecule has 0 aliphatic carbocycles. The Bertz CT molecular complexity index is 412. The van der Waals surface area contributed by atoms with Crippen LogP contribution in [0.5, 0.6) is 0 Å². The van der Waals surface area contributed by atoms with Crippen LogP contribution in [0.2, 0.25) is 0 Å². The predicted molar refractivity (Wildman–Crippen MR) is 70.5 cm³/mol. The molecule has 18 heavy (non-hydrogen) atoms. The van der Waals surface area contributed by atoms with Gasteiger partial charge in [-0.25, -0.2) is 4.79 Å². The summed E-state index contributed by atoms with van der Waals surface area (Å²) in [5.74, 6) is -0.381. The summed E-state index contributed by atoms with van der Waals surface area (Å²) in [4.78, 5) is 23.1. The number of nitrogens with one attached hydrogen (secondary N) is 1. The first-order valence-electron chi connectivity index (χ1n) is 6.16. The van der Waals surface area contributed by atoms with Gasteiger partial charge in [-0.3, -0.25) is 4.79 Å². The Kier molecular flexibility index (Phi) is 5.36. The van der Waals surface area contributed by atoms with E-state index in [0.717, 1.165) is 6.42 Å². The van der Waals surface area contributed by atoms with E-state index in [1.54, 1.807) is 31.2 Å². The maximum atomic E-state index is 11.7. The Labute approximate surface area is 107 Å². The molecule has 0 aliphatic rings. The lowest BCUT2D eigenvalue weighted by molar-refractivity contribution is -0.119. The summed E-state index contributed by atoms with van der Waals surface area (Å²) >= 11 is 0. The first-order valence-corrected chi connectivity index (χ1v) is 6.16. The van der Waals surface area contributed by atoms with Crippen molar-refractivity contribution in [1.82, 2.24) is 0 Å². The van der Waals surface area contributed by atoms with Crippen molar-refractivity contribution >= 4 is 17.6 Å². The summed E-state index contributed by atoms with van der Waals surface area (Å²) in [7, 11) is 0. The highest BCUT2D eigenvalue weighted by Crippen LogP contribution is 2.12. The quantitative estimate of drug-likeness (QED) is 0.816. The zero-order valence-electron chi connectivity index (χ0n) is 11.0. The van der Waals surface area contributed by atoms with Crippen LogP contribution in [0.3, 0.4) is 0 Å². The van der Waals surface area contributed by atoms with Gasteiger partial charge in [-0.05, 0) is 37.6 Å². The normalized spacial score (nSPS) is 11.7. The van der Waals surface area contributed by atoms with Gasteiger partial charge in [0.25, 0.3) is 0 Å². The zero-order valence-corrected chi connectivity index (χ0v) is 11.0. The van der Waals surface area contributed by atoms with Crippen LogP contribution >= 0.6 is 0 Å². The van der Waals surface area contributed by atoms with Gasteiger partial charge in [0.2, 0.25) is 5.91 Å². The molecule has 0 aliphatic heterocycles. The lowest BCUT2D eigenvalue weighted by atomic mass is 10.1. The van der Waals surface area contributed by atoms with E-state index in [4.69, 9.17) is 4.74 Å². The van der Waals surface area contributed by atoms with Gasteiger partial charge in [0.1, 0.15) is 0 Å². The van der Waals surface area contributed by atoms with Crippen molar-refractivity contribution in [3.8, 4) is 0 Å². The Morgan fingerprint density at radius 3 is 2.33 bits per heavy atom. The third-order valence-electron chi connectivity index (χ3n) is 2.72. The van der Waals surface area contributed by atoms with Crippen LogP contribution in [0, 0.1) is 5.92 Å². The zero-order chi connectivity index (χ0) is 13.5. The molecule has 0 heterocycles. The second-order valence-corrected chi connectivity index (χ2v) is 4.10. The lowest BCUT2D eigenvalue weighted by Gasteiger charge is -2.10. The maximum absolute atomic E-state index is 11.7. The molecule has 0 saturated heterocycles. The third-order valence-corrected chi connectivity index (χ3v) is 2.72. The van der Waals surface area contributed by atoms with Gasteiger partial charge >= 0.3 is 5.97 Å². The van der Waals surface area contributed by atoms with Crippen LogP contribution in [0.4, 0.5) is 5.69 Å². The van der Waals surface area contributed by atoms with Crippen molar-refractivity contribution in [3.63, 3.8) is 0 Å². The molecule has 0 bridgehead atoms. The van der Waals surface area contributed by atoms with Crippen LogP contribution in [-0.2, 0) is 9.53 Å². The minimum absolute atomic E-state index is 0.0126. The van der Waals surface area contributed by atoms with E-state index in [-0.39, 0.29) is 17.8 Å². The number of rotatable bonds is 5. The molecule has 1 aromatic rings. The molecule has 0 radical (unpaired) electrons. The molecule has 98 valence electrons. The Balaban J connectivity index is 2.66. The Morgan fingerprint density at radius 2 is 1.83 bits per heavy atom. The predicted octanol–water partition coefficient (Wildman–Crippen LogP) is 2.85. The molecule has 4 heteroatoms. The molecule has 1 N–H and O–H groups in total. The second-order valence-electron chi connectivity index (χ2n) is 4.10. The van der Waals surface area contributed by atoms with E-state index < -0.39 is 0 Å². The summed E-state index contributed by atoms with van der Waals surface area (Å²) in [5.41, 5.74) is 1.17. The minimum Gasteiger partial charge on any atom is -0.462 e.